The lowest BCUT2D eigenvalue weighted by Gasteiger charge is -2.09. The topological polar surface area (TPSA) is 100 Å². The van der Waals surface area contributed by atoms with Gasteiger partial charge in [0.05, 0.1) is 11.6 Å². The van der Waals surface area contributed by atoms with Crippen LogP contribution < -0.4 is 4.74 Å². The predicted molar refractivity (Wildman–Crippen MR) is 90.8 cm³/mol. The number of hydrogen-bond donors (Lipinski definition) is 1. The van der Waals surface area contributed by atoms with Crippen molar-refractivity contribution in [2.75, 3.05) is 6.61 Å². The first-order valence-corrected chi connectivity index (χ1v) is 7.48. The van der Waals surface area contributed by atoms with E-state index in [1.165, 1.54) is 19.1 Å². The molecule has 0 bridgehead atoms. The molecule has 0 saturated heterocycles. The van der Waals surface area contributed by atoms with Crippen molar-refractivity contribution in [3.05, 3.63) is 60.2 Å². The Morgan fingerprint density at radius 2 is 1.80 bits per heavy atom. The minimum Gasteiger partial charge on any atom is -0.457 e. The van der Waals surface area contributed by atoms with E-state index in [4.69, 9.17) is 20.1 Å². The molecular weight excluding hydrogens is 320 g/mol. The number of benzene rings is 2. The van der Waals surface area contributed by atoms with Gasteiger partial charge in [-0.2, -0.15) is 5.26 Å². The monoisotopic (exact) mass is 336 g/mol. The van der Waals surface area contributed by atoms with Gasteiger partial charge in [-0.25, -0.2) is 4.79 Å². The summed E-state index contributed by atoms with van der Waals surface area (Å²) >= 11 is 0. The molecule has 1 N–H and O–H groups in total. The average Bonchev–Trinajstić information content (AvgIpc) is 2.61. The van der Waals surface area contributed by atoms with Gasteiger partial charge in [0.25, 0.3) is 0 Å². The predicted octanol–water partition coefficient (Wildman–Crippen LogP) is 3.38. The zero-order valence-corrected chi connectivity index (χ0v) is 13.6. The number of Topliss-reactive ketones (excluding diaryl/α,β-unsaturated/α-hetero) is 1. The first kappa shape index (κ1) is 17.9. The van der Waals surface area contributed by atoms with E-state index in [9.17, 15) is 9.59 Å². The Kier molecular flexibility index (Phi) is 6.02. The Labute approximate surface area is 145 Å². The van der Waals surface area contributed by atoms with Gasteiger partial charge in [0.15, 0.2) is 12.4 Å². The highest BCUT2D eigenvalue weighted by Gasteiger charge is 2.21. The number of ketones is 1. The molecule has 1 unspecified atom stereocenters. The van der Waals surface area contributed by atoms with E-state index >= 15 is 0 Å². The van der Waals surface area contributed by atoms with Crippen LogP contribution in [0, 0.1) is 22.7 Å². The second-order valence-corrected chi connectivity index (χ2v) is 5.23. The maximum Gasteiger partial charge on any atom is 0.338 e. The summed E-state index contributed by atoms with van der Waals surface area (Å²) in [4.78, 5) is 23.9. The normalized spacial score (nSPS) is 11.0. The molecule has 6 nitrogen and oxygen atoms in total. The van der Waals surface area contributed by atoms with E-state index in [1.54, 1.807) is 30.3 Å². The lowest BCUT2D eigenvalue weighted by atomic mass is 10.0. The molecule has 126 valence electrons. The van der Waals surface area contributed by atoms with E-state index in [2.05, 4.69) is 0 Å². The van der Waals surface area contributed by atoms with Gasteiger partial charge < -0.3 is 14.9 Å². The lowest BCUT2D eigenvalue weighted by Crippen LogP contribution is -2.25. The van der Waals surface area contributed by atoms with Crippen LogP contribution in [0.25, 0.3) is 0 Å². The molecule has 0 aliphatic carbocycles. The third-order valence-corrected chi connectivity index (χ3v) is 3.28. The number of carbonyl (C=O) groups is 2. The van der Waals surface area contributed by atoms with Crippen LogP contribution in [-0.4, -0.2) is 24.1 Å². The number of hydrogen-bond acceptors (Lipinski definition) is 6. The minimum atomic E-state index is -1.19. The van der Waals surface area contributed by atoms with E-state index in [0.29, 0.717) is 11.5 Å². The Bertz CT molecular complexity index is 825. The van der Waals surface area contributed by atoms with Crippen molar-refractivity contribution in [2.45, 2.75) is 6.92 Å². The summed E-state index contributed by atoms with van der Waals surface area (Å²) in [5.74, 6) is -1.44. The number of nitrogens with zero attached hydrogens (tertiary/aromatic N) is 1. The van der Waals surface area contributed by atoms with Gasteiger partial charge in [-0.3, -0.25) is 4.79 Å². The summed E-state index contributed by atoms with van der Waals surface area (Å²) in [6.07, 6.45) is 0. The van der Waals surface area contributed by atoms with Crippen molar-refractivity contribution < 1.29 is 19.1 Å². The largest absolute Gasteiger partial charge is 0.457 e. The first-order valence-electron chi connectivity index (χ1n) is 7.48. The van der Waals surface area contributed by atoms with Crippen LogP contribution >= 0.6 is 0 Å². The summed E-state index contributed by atoms with van der Waals surface area (Å²) in [6, 6.07) is 17.2. The molecule has 0 spiro atoms. The number of carbonyl (C=O) groups excluding carboxylic acids is 2. The van der Waals surface area contributed by atoms with Gasteiger partial charge in [0.2, 0.25) is 0 Å². The molecule has 0 radical (unpaired) electrons. The molecule has 0 aliphatic rings. The number of ether oxygens (including phenoxy) is 2. The molecule has 2 aromatic rings. The van der Waals surface area contributed by atoms with Crippen LogP contribution in [-0.2, 0) is 9.53 Å². The van der Waals surface area contributed by atoms with Crippen molar-refractivity contribution in [1.29, 1.82) is 10.7 Å². The second-order valence-electron chi connectivity index (χ2n) is 5.23. The molecule has 0 heterocycles. The Balaban J connectivity index is 2.00. The second kappa shape index (κ2) is 8.41. The van der Waals surface area contributed by atoms with Crippen LogP contribution in [0.2, 0.25) is 0 Å². The molecule has 0 aromatic heterocycles. The molecular formula is C19H16N2O4. The highest BCUT2D eigenvalue weighted by atomic mass is 16.5. The van der Waals surface area contributed by atoms with Crippen LogP contribution in [0.1, 0.15) is 17.3 Å². The minimum absolute atomic E-state index is 0.0817. The summed E-state index contributed by atoms with van der Waals surface area (Å²) < 4.78 is 10.6. The van der Waals surface area contributed by atoms with Crippen molar-refractivity contribution in [1.82, 2.24) is 0 Å². The van der Waals surface area contributed by atoms with E-state index in [0.717, 1.165) is 0 Å². The summed E-state index contributed by atoms with van der Waals surface area (Å²) in [6.45, 7) is 0.801. The van der Waals surface area contributed by atoms with Crippen LogP contribution in [0.5, 0.6) is 11.5 Å². The standard InChI is InChI=1S/C19H16N2O4/c1-13(21)17(11-20)18(22)12-24-19(23)14-6-5-9-16(10-14)25-15-7-3-2-4-8-15/h2-10,17,21H,12H2,1H3. The Hall–Kier alpha value is -3.46. The molecule has 1 atom stereocenters. The molecule has 0 fully saturated rings. The van der Waals surface area contributed by atoms with Gasteiger partial charge in [-0.1, -0.05) is 24.3 Å². The van der Waals surface area contributed by atoms with Gasteiger partial charge >= 0.3 is 5.97 Å². The fourth-order valence-electron chi connectivity index (χ4n) is 2.02. The number of para-hydroxylation sites is 1. The fraction of sp³-hybridized carbons (Fsp3) is 0.158. The van der Waals surface area contributed by atoms with Crippen molar-refractivity contribution in [3.63, 3.8) is 0 Å². The maximum absolute atomic E-state index is 12.1. The van der Waals surface area contributed by atoms with Crippen molar-refractivity contribution in [3.8, 4) is 17.6 Å². The molecule has 0 aliphatic heterocycles. The number of esters is 1. The number of nitriles is 1. The Morgan fingerprint density at radius 1 is 1.12 bits per heavy atom. The summed E-state index contributed by atoms with van der Waals surface area (Å²) in [5.41, 5.74) is 0.142. The van der Waals surface area contributed by atoms with Crippen LogP contribution in [0.15, 0.2) is 54.6 Å². The van der Waals surface area contributed by atoms with Gasteiger partial charge in [0, 0.05) is 5.71 Å². The first-order chi connectivity index (χ1) is 12.0. The van der Waals surface area contributed by atoms with E-state index in [1.807, 2.05) is 18.2 Å². The number of nitrogens with one attached hydrogen (secondary N) is 1. The van der Waals surface area contributed by atoms with E-state index < -0.39 is 24.3 Å². The third kappa shape index (κ3) is 5.01. The maximum atomic E-state index is 12.1. The zero-order chi connectivity index (χ0) is 18.2. The summed E-state index contributed by atoms with van der Waals surface area (Å²) in [5, 5.41) is 16.2. The highest BCUT2D eigenvalue weighted by molar-refractivity contribution is 6.06. The third-order valence-electron chi connectivity index (χ3n) is 3.28. The fourth-order valence-corrected chi connectivity index (χ4v) is 2.02. The SMILES string of the molecule is CC(=N)C(C#N)C(=O)COC(=O)c1cccc(Oc2ccccc2)c1. The Morgan fingerprint density at radius 3 is 2.44 bits per heavy atom. The zero-order valence-electron chi connectivity index (χ0n) is 13.6. The molecule has 2 aromatic carbocycles. The molecule has 6 heteroatoms. The quantitative estimate of drug-likeness (QED) is 0.617. The summed E-state index contributed by atoms with van der Waals surface area (Å²) in [7, 11) is 0. The van der Waals surface area contributed by atoms with Crippen LogP contribution in [0.4, 0.5) is 0 Å². The van der Waals surface area contributed by atoms with Crippen molar-refractivity contribution in [2.24, 2.45) is 5.92 Å². The highest BCUT2D eigenvalue weighted by Crippen LogP contribution is 2.22. The number of rotatable bonds is 7. The molecule has 2 rings (SSSR count). The molecule has 0 amide bonds. The van der Waals surface area contributed by atoms with E-state index in [-0.39, 0.29) is 11.3 Å². The van der Waals surface area contributed by atoms with Gasteiger partial charge in [-0.05, 0) is 37.3 Å². The van der Waals surface area contributed by atoms with Gasteiger partial charge in [0.1, 0.15) is 17.4 Å². The average molecular weight is 336 g/mol. The smallest absolute Gasteiger partial charge is 0.338 e. The molecule has 0 saturated carbocycles. The lowest BCUT2D eigenvalue weighted by molar-refractivity contribution is -0.122. The van der Waals surface area contributed by atoms with Crippen molar-refractivity contribution >= 4 is 17.5 Å². The van der Waals surface area contributed by atoms with Gasteiger partial charge in [-0.15, -0.1) is 0 Å². The van der Waals surface area contributed by atoms with Crippen LogP contribution in [0.3, 0.4) is 0 Å². The molecule has 25 heavy (non-hydrogen) atoms.